The molecule has 0 spiro atoms. The fourth-order valence-corrected chi connectivity index (χ4v) is 3.22. The third kappa shape index (κ3) is 2.51. The molecule has 0 amide bonds. The minimum Gasteiger partial charge on any atom is -0.374 e. The van der Waals surface area contributed by atoms with E-state index in [9.17, 15) is 9.18 Å². The van der Waals surface area contributed by atoms with Crippen LogP contribution in [0.15, 0.2) is 60.7 Å². The molecule has 24 heavy (non-hydrogen) atoms. The minimum atomic E-state index is -1.35. The highest BCUT2D eigenvalue weighted by Gasteiger charge is 2.40. The van der Waals surface area contributed by atoms with Crippen molar-refractivity contribution in [3.05, 3.63) is 71.8 Å². The number of rotatable bonds is 4. The van der Waals surface area contributed by atoms with Crippen molar-refractivity contribution in [2.45, 2.75) is 12.1 Å². The predicted octanol–water partition coefficient (Wildman–Crippen LogP) is 4.44. The van der Waals surface area contributed by atoms with Crippen LogP contribution in [0.1, 0.15) is 11.1 Å². The lowest BCUT2D eigenvalue weighted by Crippen LogP contribution is -2.42. The lowest BCUT2D eigenvalue weighted by atomic mass is 9.90. The van der Waals surface area contributed by atoms with Gasteiger partial charge in [0.2, 0.25) is 0 Å². The number of benzene rings is 3. The van der Waals surface area contributed by atoms with Crippen LogP contribution in [0.5, 0.6) is 0 Å². The van der Waals surface area contributed by atoms with Crippen LogP contribution in [0.4, 0.5) is 4.39 Å². The van der Waals surface area contributed by atoms with Gasteiger partial charge in [-0.1, -0.05) is 60.7 Å². The molecule has 0 N–H and O–H groups in total. The van der Waals surface area contributed by atoms with Crippen molar-refractivity contribution in [2.75, 3.05) is 13.2 Å². The van der Waals surface area contributed by atoms with Crippen molar-refractivity contribution in [3.63, 3.8) is 0 Å². The first-order valence-corrected chi connectivity index (χ1v) is 8.02. The first kappa shape index (κ1) is 15.0. The number of carbonyl (C=O) groups is 1. The standard InChI is InChI=1S/C21H17FO2/c22-21(13-24-14-21)18-7-5-16(6-8-18)20-12-15(9-10-23)11-17-3-1-2-4-19(17)20/h1-8,10-12H,9,13-14H2. The van der Waals surface area contributed by atoms with E-state index in [2.05, 4.69) is 6.07 Å². The van der Waals surface area contributed by atoms with E-state index in [1.54, 1.807) is 0 Å². The van der Waals surface area contributed by atoms with Gasteiger partial charge in [-0.05, 0) is 33.0 Å². The molecule has 3 heteroatoms. The topological polar surface area (TPSA) is 26.3 Å². The summed E-state index contributed by atoms with van der Waals surface area (Å²) in [5, 5.41) is 2.23. The molecule has 0 radical (unpaired) electrons. The number of alkyl halides is 1. The van der Waals surface area contributed by atoms with Gasteiger partial charge >= 0.3 is 0 Å². The average molecular weight is 320 g/mol. The third-order valence-electron chi connectivity index (χ3n) is 4.62. The Bertz CT molecular complexity index is 895. The summed E-state index contributed by atoms with van der Waals surface area (Å²) in [4.78, 5) is 10.9. The van der Waals surface area contributed by atoms with Gasteiger partial charge in [-0.3, -0.25) is 0 Å². The Hall–Kier alpha value is -2.52. The highest BCUT2D eigenvalue weighted by Crippen LogP contribution is 2.36. The smallest absolute Gasteiger partial charge is 0.182 e. The fourth-order valence-electron chi connectivity index (χ4n) is 3.22. The fraction of sp³-hybridized carbons (Fsp3) is 0.190. The molecule has 0 atom stereocenters. The molecule has 1 heterocycles. The van der Waals surface area contributed by atoms with Crippen LogP contribution in [0.3, 0.4) is 0 Å². The van der Waals surface area contributed by atoms with Gasteiger partial charge in [0.25, 0.3) is 0 Å². The average Bonchev–Trinajstić information content (AvgIpc) is 2.59. The number of hydrogen-bond acceptors (Lipinski definition) is 2. The Labute approximate surface area is 139 Å². The van der Waals surface area contributed by atoms with Crippen LogP contribution in [0, 0.1) is 0 Å². The molecular weight excluding hydrogens is 303 g/mol. The zero-order chi connectivity index (χ0) is 16.6. The Morgan fingerprint density at radius 3 is 2.46 bits per heavy atom. The van der Waals surface area contributed by atoms with Crippen molar-refractivity contribution in [2.24, 2.45) is 0 Å². The van der Waals surface area contributed by atoms with Crippen molar-refractivity contribution in [1.29, 1.82) is 0 Å². The van der Waals surface area contributed by atoms with Gasteiger partial charge in [-0.25, -0.2) is 4.39 Å². The van der Waals surface area contributed by atoms with E-state index in [-0.39, 0.29) is 13.2 Å². The van der Waals surface area contributed by atoms with E-state index >= 15 is 0 Å². The third-order valence-corrected chi connectivity index (χ3v) is 4.62. The Balaban J connectivity index is 1.81. The SMILES string of the molecule is O=CCc1cc(-c2ccc(C3(F)COC3)cc2)c2ccccc2c1. The molecule has 1 aliphatic heterocycles. The second-order valence-corrected chi connectivity index (χ2v) is 6.27. The normalized spacial score (nSPS) is 15.9. The Kier molecular flexibility index (Phi) is 3.66. The summed E-state index contributed by atoms with van der Waals surface area (Å²) < 4.78 is 19.4. The van der Waals surface area contributed by atoms with Crippen LogP contribution in [-0.2, 0) is 21.6 Å². The van der Waals surface area contributed by atoms with E-state index in [1.165, 1.54) is 0 Å². The monoisotopic (exact) mass is 320 g/mol. The molecule has 0 aliphatic carbocycles. The molecule has 0 saturated carbocycles. The second-order valence-electron chi connectivity index (χ2n) is 6.27. The number of carbonyl (C=O) groups excluding carboxylic acids is 1. The molecule has 0 bridgehead atoms. The molecule has 0 unspecified atom stereocenters. The summed E-state index contributed by atoms with van der Waals surface area (Å²) >= 11 is 0. The predicted molar refractivity (Wildman–Crippen MR) is 92.8 cm³/mol. The van der Waals surface area contributed by atoms with Gasteiger partial charge < -0.3 is 9.53 Å². The van der Waals surface area contributed by atoms with Crippen LogP contribution in [-0.4, -0.2) is 19.5 Å². The maximum atomic E-state index is 14.4. The molecule has 3 aromatic rings. The van der Waals surface area contributed by atoms with Gasteiger partial charge in [0, 0.05) is 6.42 Å². The first-order chi connectivity index (χ1) is 11.7. The lowest BCUT2D eigenvalue weighted by molar-refractivity contribution is -0.135. The largest absolute Gasteiger partial charge is 0.374 e. The van der Waals surface area contributed by atoms with Gasteiger partial charge in [0.05, 0.1) is 13.2 Å². The molecule has 4 rings (SSSR count). The quantitative estimate of drug-likeness (QED) is 0.664. The molecule has 1 aliphatic rings. The van der Waals surface area contributed by atoms with Crippen LogP contribution >= 0.6 is 0 Å². The molecule has 0 aromatic heterocycles. The highest BCUT2D eigenvalue weighted by molar-refractivity contribution is 5.97. The molecule has 120 valence electrons. The van der Waals surface area contributed by atoms with Crippen molar-refractivity contribution in [3.8, 4) is 11.1 Å². The molecular formula is C21H17FO2. The van der Waals surface area contributed by atoms with E-state index < -0.39 is 5.67 Å². The second kappa shape index (κ2) is 5.84. The summed E-state index contributed by atoms with van der Waals surface area (Å²) in [6.07, 6.45) is 1.31. The maximum Gasteiger partial charge on any atom is 0.182 e. The molecule has 3 aromatic carbocycles. The van der Waals surface area contributed by atoms with Crippen LogP contribution in [0.25, 0.3) is 21.9 Å². The number of aldehydes is 1. The van der Waals surface area contributed by atoms with Crippen molar-refractivity contribution in [1.82, 2.24) is 0 Å². The first-order valence-electron chi connectivity index (χ1n) is 8.02. The summed E-state index contributed by atoms with van der Waals surface area (Å²) in [6, 6.07) is 19.8. The number of ether oxygens (including phenoxy) is 1. The molecule has 2 nitrogen and oxygen atoms in total. The van der Waals surface area contributed by atoms with Crippen molar-refractivity contribution < 1.29 is 13.9 Å². The highest BCUT2D eigenvalue weighted by atomic mass is 19.1. The van der Waals surface area contributed by atoms with E-state index in [0.29, 0.717) is 12.0 Å². The van der Waals surface area contributed by atoms with E-state index in [4.69, 9.17) is 4.74 Å². The zero-order valence-electron chi connectivity index (χ0n) is 13.2. The van der Waals surface area contributed by atoms with Gasteiger partial charge in [0.15, 0.2) is 5.67 Å². The van der Waals surface area contributed by atoms with E-state index in [0.717, 1.165) is 33.7 Å². The van der Waals surface area contributed by atoms with E-state index in [1.807, 2.05) is 54.6 Å². The Morgan fingerprint density at radius 1 is 1.04 bits per heavy atom. The number of hydrogen-bond donors (Lipinski definition) is 0. The summed E-state index contributed by atoms with van der Waals surface area (Å²) in [5.41, 5.74) is 2.38. The van der Waals surface area contributed by atoms with Crippen molar-refractivity contribution >= 4 is 17.1 Å². The molecule has 1 saturated heterocycles. The van der Waals surface area contributed by atoms with Crippen LogP contribution in [0.2, 0.25) is 0 Å². The van der Waals surface area contributed by atoms with Gasteiger partial charge in [-0.15, -0.1) is 0 Å². The lowest BCUT2D eigenvalue weighted by Gasteiger charge is -2.34. The van der Waals surface area contributed by atoms with Crippen LogP contribution < -0.4 is 0 Å². The summed E-state index contributed by atoms with van der Waals surface area (Å²) in [5.74, 6) is 0. The molecule has 1 fully saturated rings. The van der Waals surface area contributed by atoms with Gasteiger partial charge in [-0.2, -0.15) is 0 Å². The summed E-state index contributed by atoms with van der Waals surface area (Å²) in [7, 11) is 0. The number of fused-ring (bicyclic) bond motifs is 1. The summed E-state index contributed by atoms with van der Waals surface area (Å²) in [6.45, 7) is 0.258. The van der Waals surface area contributed by atoms with Gasteiger partial charge in [0.1, 0.15) is 6.29 Å². The maximum absolute atomic E-state index is 14.4. The zero-order valence-corrected chi connectivity index (χ0v) is 13.2. The Morgan fingerprint density at radius 2 is 1.79 bits per heavy atom. The number of halogens is 1. The minimum absolute atomic E-state index is 0.129.